The van der Waals surface area contributed by atoms with E-state index in [1.165, 1.54) is 0 Å². The van der Waals surface area contributed by atoms with Crippen LogP contribution in [-0.2, 0) is 23.1 Å². The molecule has 7 nitrogen and oxygen atoms in total. The van der Waals surface area contributed by atoms with Gasteiger partial charge in [0.05, 0.1) is 24.0 Å². The normalized spacial score (nSPS) is 12.2. The van der Waals surface area contributed by atoms with Crippen molar-refractivity contribution in [2.24, 2.45) is 13.0 Å². The quantitative estimate of drug-likeness (QED) is 0.689. The second kappa shape index (κ2) is 8.21. The standard InChI is InChI=1S/C21H25N5O2/c1-13(2)19(24-18(27)10-15-8-6-5-7-9-15)21(28)23-16-11-17-14(3)25-26(4)20(17)22-12-16/h5-9,11-13,19H,10H2,1-4H3,(H,23,28)(H,24,27). The average Bonchev–Trinajstić information content (AvgIpc) is 2.94. The lowest BCUT2D eigenvalue weighted by molar-refractivity contribution is -0.127. The van der Waals surface area contributed by atoms with Gasteiger partial charge in [0, 0.05) is 12.4 Å². The van der Waals surface area contributed by atoms with Crippen molar-refractivity contribution in [2.45, 2.75) is 33.2 Å². The minimum atomic E-state index is -0.637. The van der Waals surface area contributed by atoms with Crippen molar-refractivity contribution in [1.82, 2.24) is 20.1 Å². The molecule has 1 atom stereocenters. The molecule has 28 heavy (non-hydrogen) atoms. The maximum Gasteiger partial charge on any atom is 0.247 e. The zero-order valence-electron chi connectivity index (χ0n) is 16.6. The number of aromatic nitrogens is 3. The Labute approximate surface area is 164 Å². The number of carbonyl (C=O) groups is 2. The summed E-state index contributed by atoms with van der Waals surface area (Å²) < 4.78 is 1.71. The molecule has 1 aromatic carbocycles. The Hall–Kier alpha value is -3.22. The summed E-state index contributed by atoms with van der Waals surface area (Å²) in [4.78, 5) is 29.6. The summed E-state index contributed by atoms with van der Waals surface area (Å²) in [5, 5.41) is 10.9. The summed E-state index contributed by atoms with van der Waals surface area (Å²) in [6, 6.07) is 10.7. The molecule has 7 heteroatoms. The molecule has 0 spiro atoms. The Morgan fingerprint density at radius 3 is 2.57 bits per heavy atom. The van der Waals surface area contributed by atoms with E-state index in [-0.39, 0.29) is 24.2 Å². The van der Waals surface area contributed by atoms with Crippen LogP contribution in [-0.4, -0.2) is 32.6 Å². The van der Waals surface area contributed by atoms with Gasteiger partial charge in [-0.2, -0.15) is 5.10 Å². The van der Waals surface area contributed by atoms with E-state index in [4.69, 9.17) is 0 Å². The third kappa shape index (κ3) is 4.36. The molecule has 0 saturated heterocycles. The van der Waals surface area contributed by atoms with Gasteiger partial charge in [0.1, 0.15) is 6.04 Å². The maximum atomic E-state index is 12.8. The molecule has 1 unspecified atom stereocenters. The van der Waals surface area contributed by atoms with Crippen LogP contribution in [0.25, 0.3) is 11.0 Å². The summed E-state index contributed by atoms with van der Waals surface area (Å²) in [5.74, 6) is -0.507. The largest absolute Gasteiger partial charge is 0.344 e. The molecule has 0 radical (unpaired) electrons. The summed E-state index contributed by atoms with van der Waals surface area (Å²) in [6.45, 7) is 5.70. The molecule has 3 rings (SSSR count). The molecule has 2 N–H and O–H groups in total. The van der Waals surface area contributed by atoms with Crippen molar-refractivity contribution < 1.29 is 9.59 Å². The molecule has 146 valence electrons. The van der Waals surface area contributed by atoms with E-state index in [1.807, 2.05) is 64.2 Å². The average molecular weight is 379 g/mol. The molecule has 0 saturated carbocycles. The van der Waals surface area contributed by atoms with Gasteiger partial charge in [-0.25, -0.2) is 4.98 Å². The van der Waals surface area contributed by atoms with Crippen molar-refractivity contribution in [3.8, 4) is 0 Å². The first-order valence-electron chi connectivity index (χ1n) is 9.28. The number of aryl methyl sites for hydroxylation is 2. The highest BCUT2D eigenvalue weighted by Crippen LogP contribution is 2.19. The molecule has 2 amide bonds. The Bertz CT molecular complexity index is 995. The number of pyridine rings is 1. The molecule has 0 aliphatic heterocycles. The molecule has 2 aromatic heterocycles. The number of nitrogens with zero attached hydrogens (tertiary/aromatic N) is 3. The summed E-state index contributed by atoms with van der Waals surface area (Å²) >= 11 is 0. The number of hydrogen-bond donors (Lipinski definition) is 2. The number of hydrogen-bond acceptors (Lipinski definition) is 4. The number of rotatable bonds is 6. The fraction of sp³-hybridized carbons (Fsp3) is 0.333. The lowest BCUT2D eigenvalue weighted by Gasteiger charge is -2.21. The van der Waals surface area contributed by atoms with Gasteiger partial charge in [0.25, 0.3) is 0 Å². The molecule has 3 aromatic rings. The highest BCUT2D eigenvalue weighted by molar-refractivity contribution is 5.98. The van der Waals surface area contributed by atoms with Gasteiger partial charge < -0.3 is 10.6 Å². The van der Waals surface area contributed by atoms with E-state index in [9.17, 15) is 9.59 Å². The molecule has 0 aliphatic rings. The Morgan fingerprint density at radius 2 is 1.89 bits per heavy atom. The number of fused-ring (bicyclic) bond motifs is 1. The molecular formula is C21H25N5O2. The fourth-order valence-electron chi connectivity index (χ4n) is 3.14. The summed E-state index contributed by atoms with van der Waals surface area (Å²) in [5.41, 5.74) is 3.09. The first-order valence-corrected chi connectivity index (χ1v) is 9.28. The third-order valence-electron chi connectivity index (χ3n) is 4.60. The van der Waals surface area contributed by atoms with E-state index in [0.29, 0.717) is 5.69 Å². The van der Waals surface area contributed by atoms with Crippen LogP contribution < -0.4 is 10.6 Å². The maximum absolute atomic E-state index is 12.8. The lowest BCUT2D eigenvalue weighted by Crippen LogP contribution is -2.47. The van der Waals surface area contributed by atoms with Gasteiger partial charge in [0.2, 0.25) is 11.8 Å². The zero-order chi connectivity index (χ0) is 20.3. The molecule has 0 bridgehead atoms. The third-order valence-corrected chi connectivity index (χ3v) is 4.60. The van der Waals surface area contributed by atoms with Crippen LogP contribution in [0.4, 0.5) is 5.69 Å². The predicted octanol–water partition coefficient (Wildman–Crippen LogP) is 2.60. The SMILES string of the molecule is Cc1nn(C)c2ncc(NC(=O)C(NC(=O)Cc3ccccc3)C(C)C)cc12. The first-order chi connectivity index (χ1) is 13.3. The van der Waals surface area contributed by atoms with Crippen molar-refractivity contribution in [1.29, 1.82) is 0 Å². The van der Waals surface area contributed by atoms with E-state index in [2.05, 4.69) is 20.7 Å². The lowest BCUT2D eigenvalue weighted by atomic mass is 10.0. The molecule has 0 fully saturated rings. The van der Waals surface area contributed by atoms with Crippen LogP contribution in [0.2, 0.25) is 0 Å². The number of nitrogens with one attached hydrogen (secondary N) is 2. The number of benzene rings is 1. The minimum absolute atomic E-state index is 0.0588. The van der Waals surface area contributed by atoms with Gasteiger partial charge in [-0.1, -0.05) is 44.2 Å². The van der Waals surface area contributed by atoms with Crippen LogP contribution in [0.1, 0.15) is 25.1 Å². The molecule has 0 aliphatic carbocycles. The van der Waals surface area contributed by atoms with E-state index in [1.54, 1.807) is 10.9 Å². The second-order valence-corrected chi connectivity index (χ2v) is 7.25. The van der Waals surface area contributed by atoms with Crippen molar-refractivity contribution in [3.63, 3.8) is 0 Å². The van der Waals surface area contributed by atoms with Gasteiger partial charge in [-0.15, -0.1) is 0 Å². The highest BCUT2D eigenvalue weighted by Gasteiger charge is 2.24. The van der Waals surface area contributed by atoms with Gasteiger partial charge in [-0.05, 0) is 24.5 Å². The zero-order valence-corrected chi connectivity index (χ0v) is 16.6. The summed E-state index contributed by atoms with van der Waals surface area (Å²) in [6.07, 6.45) is 1.84. The van der Waals surface area contributed by atoms with Crippen LogP contribution in [0.3, 0.4) is 0 Å². The number of carbonyl (C=O) groups excluding carboxylic acids is 2. The van der Waals surface area contributed by atoms with Gasteiger partial charge in [0.15, 0.2) is 5.65 Å². The smallest absolute Gasteiger partial charge is 0.247 e. The van der Waals surface area contributed by atoms with Crippen LogP contribution in [0.15, 0.2) is 42.6 Å². The molecular weight excluding hydrogens is 354 g/mol. The first kappa shape index (κ1) is 19.5. The van der Waals surface area contributed by atoms with Gasteiger partial charge in [-0.3, -0.25) is 14.3 Å². The predicted molar refractivity (Wildman–Crippen MR) is 109 cm³/mol. The van der Waals surface area contributed by atoms with Crippen molar-refractivity contribution in [2.75, 3.05) is 5.32 Å². The second-order valence-electron chi connectivity index (χ2n) is 7.25. The van der Waals surface area contributed by atoms with Crippen LogP contribution >= 0.6 is 0 Å². The number of amides is 2. The van der Waals surface area contributed by atoms with E-state index >= 15 is 0 Å². The Morgan fingerprint density at radius 1 is 1.18 bits per heavy atom. The Kier molecular flexibility index (Phi) is 5.73. The monoisotopic (exact) mass is 379 g/mol. The van der Waals surface area contributed by atoms with Crippen LogP contribution in [0, 0.1) is 12.8 Å². The topological polar surface area (TPSA) is 88.9 Å². The van der Waals surface area contributed by atoms with Crippen molar-refractivity contribution in [3.05, 3.63) is 53.9 Å². The molecule has 2 heterocycles. The summed E-state index contributed by atoms with van der Waals surface area (Å²) in [7, 11) is 1.83. The van der Waals surface area contributed by atoms with Gasteiger partial charge >= 0.3 is 0 Å². The van der Waals surface area contributed by atoms with E-state index in [0.717, 1.165) is 22.3 Å². The fourth-order valence-corrected chi connectivity index (χ4v) is 3.14. The highest BCUT2D eigenvalue weighted by atomic mass is 16.2. The minimum Gasteiger partial charge on any atom is -0.344 e. The number of anilines is 1. The Balaban J connectivity index is 1.70. The van der Waals surface area contributed by atoms with Crippen LogP contribution in [0.5, 0.6) is 0 Å². The van der Waals surface area contributed by atoms with Crippen molar-refractivity contribution >= 4 is 28.5 Å². The van der Waals surface area contributed by atoms with E-state index < -0.39 is 6.04 Å².